The largest absolute Gasteiger partial charge is 0.353 e. The molecule has 0 spiro atoms. The summed E-state index contributed by atoms with van der Waals surface area (Å²) in [6.45, 7) is 2.80. The fourth-order valence-corrected chi connectivity index (χ4v) is 2.42. The third-order valence-corrected chi connectivity index (χ3v) is 3.75. The Morgan fingerprint density at radius 3 is 2.43 bits per heavy atom. The second-order valence-electron chi connectivity index (χ2n) is 5.25. The SMILES string of the molecule is CC(Cc1ccc(Br)cc1)NC(=O)CCCCCCN.Cl. The summed E-state index contributed by atoms with van der Waals surface area (Å²) in [5.41, 5.74) is 6.68. The highest BCUT2D eigenvalue weighted by atomic mass is 79.9. The molecule has 0 saturated carbocycles. The first-order chi connectivity index (χ1) is 9.61. The van der Waals surface area contributed by atoms with E-state index in [9.17, 15) is 4.79 Å². The molecule has 1 atom stereocenters. The molecule has 1 amide bonds. The molecule has 1 aromatic carbocycles. The highest BCUT2D eigenvalue weighted by Gasteiger charge is 2.07. The Morgan fingerprint density at radius 1 is 1.19 bits per heavy atom. The molecule has 1 unspecified atom stereocenters. The lowest BCUT2D eigenvalue weighted by atomic mass is 10.1. The van der Waals surface area contributed by atoms with Crippen LogP contribution in [-0.2, 0) is 11.2 Å². The van der Waals surface area contributed by atoms with E-state index in [1.807, 2.05) is 19.1 Å². The van der Waals surface area contributed by atoms with Gasteiger partial charge in [-0.15, -0.1) is 12.4 Å². The average Bonchev–Trinajstić information content (AvgIpc) is 2.41. The lowest BCUT2D eigenvalue weighted by molar-refractivity contribution is -0.121. The molecule has 0 bridgehead atoms. The first-order valence-corrected chi connectivity index (χ1v) is 8.15. The summed E-state index contributed by atoms with van der Waals surface area (Å²) in [5, 5.41) is 3.06. The quantitative estimate of drug-likeness (QED) is 0.643. The molecule has 0 aromatic heterocycles. The van der Waals surface area contributed by atoms with Crippen LogP contribution in [0.1, 0.15) is 44.6 Å². The lowest BCUT2D eigenvalue weighted by Crippen LogP contribution is -2.33. The van der Waals surface area contributed by atoms with Crippen molar-refractivity contribution in [3.8, 4) is 0 Å². The van der Waals surface area contributed by atoms with Gasteiger partial charge in [-0.05, 0) is 50.4 Å². The van der Waals surface area contributed by atoms with E-state index < -0.39 is 0 Å². The van der Waals surface area contributed by atoms with Crippen molar-refractivity contribution >= 4 is 34.2 Å². The van der Waals surface area contributed by atoms with Gasteiger partial charge in [-0.25, -0.2) is 0 Å². The highest BCUT2D eigenvalue weighted by Crippen LogP contribution is 2.12. The minimum Gasteiger partial charge on any atom is -0.353 e. The number of carbonyl (C=O) groups is 1. The predicted octanol–water partition coefficient (Wildman–Crippen LogP) is 3.83. The standard InChI is InChI=1S/C16H25BrN2O.ClH/c1-13(12-14-7-9-15(17)10-8-14)19-16(20)6-4-2-3-5-11-18;/h7-10,13H,2-6,11-12,18H2,1H3,(H,19,20);1H. The number of nitrogens with two attached hydrogens (primary N) is 1. The molecular weight excluding hydrogens is 352 g/mol. The van der Waals surface area contributed by atoms with Crippen molar-refractivity contribution in [1.82, 2.24) is 5.32 Å². The monoisotopic (exact) mass is 376 g/mol. The van der Waals surface area contributed by atoms with Crippen LogP contribution in [0.5, 0.6) is 0 Å². The summed E-state index contributed by atoms with van der Waals surface area (Å²) in [5.74, 6) is 0.155. The van der Waals surface area contributed by atoms with Gasteiger partial charge in [-0.3, -0.25) is 4.79 Å². The van der Waals surface area contributed by atoms with Crippen LogP contribution in [0.15, 0.2) is 28.7 Å². The second-order valence-corrected chi connectivity index (χ2v) is 6.17. The van der Waals surface area contributed by atoms with Crippen LogP contribution in [-0.4, -0.2) is 18.5 Å². The minimum absolute atomic E-state index is 0. The Bertz CT molecular complexity index is 398. The first kappa shape index (κ1) is 20.4. The van der Waals surface area contributed by atoms with Crippen LogP contribution in [0.4, 0.5) is 0 Å². The zero-order valence-corrected chi connectivity index (χ0v) is 15.0. The van der Waals surface area contributed by atoms with Gasteiger partial charge in [0.05, 0.1) is 0 Å². The maximum Gasteiger partial charge on any atom is 0.220 e. The van der Waals surface area contributed by atoms with Crippen LogP contribution in [0, 0.1) is 0 Å². The molecule has 0 aliphatic heterocycles. The highest BCUT2D eigenvalue weighted by molar-refractivity contribution is 9.10. The zero-order valence-electron chi connectivity index (χ0n) is 12.6. The zero-order chi connectivity index (χ0) is 14.8. The topological polar surface area (TPSA) is 55.1 Å². The summed E-state index contributed by atoms with van der Waals surface area (Å²) in [7, 11) is 0. The minimum atomic E-state index is 0. The summed E-state index contributed by atoms with van der Waals surface area (Å²) >= 11 is 3.42. The normalized spacial score (nSPS) is 11.6. The van der Waals surface area contributed by atoms with Gasteiger partial charge in [-0.2, -0.15) is 0 Å². The van der Waals surface area contributed by atoms with Crippen molar-refractivity contribution in [1.29, 1.82) is 0 Å². The van der Waals surface area contributed by atoms with E-state index in [0.29, 0.717) is 6.42 Å². The van der Waals surface area contributed by atoms with Gasteiger partial charge in [0.2, 0.25) is 5.91 Å². The van der Waals surface area contributed by atoms with E-state index in [2.05, 4.69) is 33.4 Å². The molecule has 5 heteroatoms. The number of nitrogens with one attached hydrogen (secondary N) is 1. The van der Waals surface area contributed by atoms with Crippen LogP contribution in [0.2, 0.25) is 0 Å². The van der Waals surface area contributed by atoms with Crippen molar-refractivity contribution < 1.29 is 4.79 Å². The molecule has 1 aromatic rings. The summed E-state index contributed by atoms with van der Waals surface area (Å²) in [4.78, 5) is 11.8. The lowest BCUT2D eigenvalue weighted by Gasteiger charge is -2.14. The van der Waals surface area contributed by atoms with Crippen molar-refractivity contribution in [2.45, 2.75) is 51.5 Å². The molecule has 0 aliphatic rings. The van der Waals surface area contributed by atoms with Gasteiger partial charge >= 0.3 is 0 Å². The average molecular weight is 378 g/mol. The van der Waals surface area contributed by atoms with Crippen LogP contribution in [0.25, 0.3) is 0 Å². The molecule has 0 aliphatic carbocycles. The number of hydrogen-bond donors (Lipinski definition) is 2. The number of benzene rings is 1. The second kappa shape index (κ2) is 12.0. The first-order valence-electron chi connectivity index (χ1n) is 7.35. The third kappa shape index (κ3) is 9.88. The molecule has 3 nitrogen and oxygen atoms in total. The van der Waals surface area contributed by atoms with Gasteiger partial charge in [0.15, 0.2) is 0 Å². The fraction of sp³-hybridized carbons (Fsp3) is 0.562. The maximum atomic E-state index is 11.8. The van der Waals surface area contributed by atoms with E-state index in [1.54, 1.807) is 0 Å². The van der Waals surface area contributed by atoms with E-state index >= 15 is 0 Å². The van der Waals surface area contributed by atoms with Crippen molar-refractivity contribution in [2.24, 2.45) is 5.73 Å². The van der Waals surface area contributed by atoms with Crippen LogP contribution >= 0.6 is 28.3 Å². The molecular formula is C16H26BrClN2O. The molecule has 0 heterocycles. The Hall–Kier alpha value is -0.580. The Balaban J connectivity index is 0.00000400. The Kier molecular flexibility index (Phi) is 11.7. The summed E-state index contributed by atoms with van der Waals surface area (Å²) < 4.78 is 1.08. The number of carbonyl (C=O) groups excluding carboxylic acids is 1. The predicted molar refractivity (Wildman–Crippen MR) is 94.8 cm³/mol. The Labute approximate surface area is 142 Å². The van der Waals surface area contributed by atoms with E-state index in [4.69, 9.17) is 5.73 Å². The van der Waals surface area contributed by atoms with E-state index in [1.165, 1.54) is 5.56 Å². The van der Waals surface area contributed by atoms with Gasteiger partial charge in [0.1, 0.15) is 0 Å². The van der Waals surface area contributed by atoms with Crippen molar-refractivity contribution in [3.05, 3.63) is 34.3 Å². The number of halogens is 2. The molecule has 0 fully saturated rings. The number of unbranched alkanes of at least 4 members (excludes halogenated alkanes) is 3. The van der Waals surface area contributed by atoms with Gasteiger partial charge in [-0.1, -0.05) is 40.9 Å². The third-order valence-electron chi connectivity index (χ3n) is 3.22. The summed E-state index contributed by atoms with van der Waals surface area (Å²) in [6.07, 6.45) is 5.71. The molecule has 3 N–H and O–H groups in total. The molecule has 0 radical (unpaired) electrons. The smallest absolute Gasteiger partial charge is 0.220 e. The number of hydrogen-bond acceptors (Lipinski definition) is 2. The van der Waals surface area contributed by atoms with E-state index in [-0.39, 0.29) is 24.4 Å². The molecule has 21 heavy (non-hydrogen) atoms. The fourth-order valence-electron chi connectivity index (χ4n) is 2.16. The van der Waals surface area contributed by atoms with Crippen molar-refractivity contribution in [2.75, 3.05) is 6.54 Å². The van der Waals surface area contributed by atoms with Gasteiger partial charge in [0, 0.05) is 16.9 Å². The maximum absolute atomic E-state index is 11.8. The molecule has 120 valence electrons. The molecule has 0 saturated heterocycles. The van der Waals surface area contributed by atoms with Crippen LogP contribution < -0.4 is 11.1 Å². The van der Waals surface area contributed by atoms with Crippen molar-refractivity contribution in [3.63, 3.8) is 0 Å². The molecule has 1 rings (SSSR count). The number of amides is 1. The van der Waals surface area contributed by atoms with E-state index in [0.717, 1.165) is 43.1 Å². The number of rotatable bonds is 9. The Morgan fingerprint density at radius 2 is 1.81 bits per heavy atom. The summed E-state index contributed by atoms with van der Waals surface area (Å²) in [6, 6.07) is 8.40. The van der Waals surface area contributed by atoms with Gasteiger partial charge in [0.25, 0.3) is 0 Å². The van der Waals surface area contributed by atoms with Crippen LogP contribution in [0.3, 0.4) is 0 Å². The van der Waals surface area contributed by atoms with Gasteiger partial charge < -0.3 is 11.1 Å².